The normalized spacial score (nSPS) is 16.5. The Labute approximate surface area is 204 Å². The molecule has 0 saturated heterocycles. The molecule has 180 valence electrons. The molecule has 4 rings (SSSR count). The molecule has 0 saturated carbocycles. The Bertz CT molecular complexity index is 1560. The number of fused-ring (bicyclic) bond motifs is 1. The summed E-state index contributed by atoms with van der Waals surface area (Å²) >= 11 is 2.24. The molecule has 1 aromatic heterocycles. The van der Waals surface area contributed by atoms with E-state index in [-0.39, 0.29) is 14.8 Å². The maximum atomic E-state index is 13.6. The summed E-state index contributed by atoms with van der Waals surface area (Å²) in [4.78, 5) is 15.8. The fraction of sp³-hybridized carbons (Fsp3) is 0.238. The number of aryl methyl sites for hydroxylation is 1. The molecule has 0 radical (unpaired) electrons. The molecule has 8 nitrogen and oxygen atoms in total. The highest BCUT2D eigenvalue weighted by molar-refractivity contribution is 8.14. The number of nitrogens with zero attached hydrogens (tertiary/aromatic N) is 1. The van der Waals surface area contributed by atoms with Gasteiger partial charge in [0.15, 0.2) is 15.9 Å². The van der Waals surface area contributed by atoms with Gasteiger partial charge in [0.1, 0.15) is 10.0 Å². The summed E-state index contributed by atoms with van der Waals surface area (Å²) < 4.78 is 72.7. The number of methoxy groups -OCH3 is 1. The van der Waals surface area contributed by atoms with E-state index in [2.05, 4.69) is 9.71 Å². The maximum absolute atomic E-state index is 13.6. The zero-order valence-electron chi connectivity index (χ0n) is 18.2. The Morgan fingerprint density at radius 2 is 1.91 bits per heavy atom. The Morgan fingerprint density at radius 3 is 2.59 bits per heavy atom. The largest absolute Gasteiger partial charge is 0.467 e. The zero-order valence-corrected chi connectivity index (χ0v) is 21.4. The van der Waals surface area contributed by atoms with Crippen LogP contribution in [0.2, 0.25) is 0 Å². The van der Waals surface area contributed by atoms with Crippen molar-refractivity contribution in [3.63, 3.8) is 0 Å². The van der Waals surface area contributed by atoms with Crippen molar-refractivity contribution >= 4 is 69.7 Å². The number of esters is 1. The maximum Gasteiger partial charge on any atom is 0.331 e. The first kappa shape index (κ1) is 24.6. The number of sulfone groups is 1. The number of anilines is 1. The number of hydrogen-bond acceptors (Lipinski definition) is 9. The number of thioether (sulfide) groups is 1. The van der Waals surface area contributed by atoms with Crippen LogP contribution in [0.4, 0.5) is 10.1 Å². The molecule has 0 fully saturated rings. The molecule has 2 aromatic carbocycles. The number of carbonyl (C=O) groups is 1. The molecule has 1 N–H and O–H groups in total. The monoisotopic (exact) mass is 542 g/mol. The first-order chi connectivity index (χ1) is 15.9. The van der Waals surface area contributed by atoms with Crippen molar-refractivity contribution in [2.75, 3.05) is 23.8 Å². The molecular weight excluding hydrogens is 524 g/mol. The van der Waals surface area contributed by atoms with E-state index in [1.165, 1.54) is 55.3 Å². The van der Waals surface area contributed by atoms with Crippen LogP contribution in [-0.2, 0) is 29.4 Å². The molecule has 0 amide bonds. The third kappa shape index (κ3) is 4.69. The number of carbonyl (C=O) groups excluding carboxylic acids is 1. The summed E-state index contributed by atoms with van der Waals surface area (Å²) in [5, 5.41) is 0.928. The molecule has 1 aliphatic rings. The molecule has 34 heavy (non-hydrogen) atoms. The molecule has 0 aliphatic carbocycles. The second-order valence-corrected chi connectivity index (χ2v) is 13.5. The lowest BCUT2D eigenvalue weighted by Gasteiger charge is -2.13. The molecule has 13 heteroatoms. The van der Waals surface area contributed by atoms with Crippen molar-refractivity contribution in [3.8, 4) is 0 Å². The van der Waals surface area contributed by atoms with Crippen LogP contribution in [0.25, 0.3) is 10.1 Å². The quantitative estimate of drug-likeness (QED) is 0.473. The van der Waals surface area contributed by atoms with Crippen molar-refractivity contribution in [2.45, 2.75) is 22.1 Å². The number of rotatable bonds is 6. The van der Waals surface area contributed by atoms with Gasteiger partial charge in [-0.25, -0.2) is 26.0 Å². The van der Waals surface area contributed by atoms with Crippen molar-refractivity contribution in [2.24, 2.45) is 4.99 Å². The summed E-state index contributed by atoms with van der Waals surface area (Å²) in [5.41, 5.74) is 0.686. The number of nitrogens with one attached hydrogen (secondary N) is 1. The summed E-state index contributed by atoms with van der Waals surface area (Å²) in [6.45, 7) is 1.57. The van der Waals surface area contributed by atoms with Gasteiger partial charge < -0.3 is 4.74 Å². The number of aliphatic imine (C=N–C) groups is 1. The number of thiophene rings is 1. The predicted octanol–water partition coefficient (Wildman–Crippen LogP) is 3.59. The van der Waals surface area contributed by atoms with Gasteiger partial charge >= 0.3 is 5.97 Å². The van der Waals surface area contributed by atoms with Gasteiger partial charge in [-0.15, -0.1) is 23.1 Å². The lowest BCUT2D eigenvalue weighted by molar-refractivity contribution is -0.141. The summed E-state index contributed by atoms with van der Waals surface area (Å²) in [7, 11) is -6.75. The molecule has 2 heterocycles. The molecule has 0 unspecified atom stereocenters. The molecule has 1 aliphatic heterocycles. The lowest BCUT2D eigenvalue weighted by atomic mass is 10.2. The Hall–Kier alpha value is -2.48. The van der Waals surface area contributed by atoms with Gasteiger partial charge in [0.25, 0.3) is 10.0 Å². The number of hydrogen-bond donors (Lipinski definition) is 1. The average Bonchev–Trinajstić information content (AvgIpc) is 3.38. The fourth-order valence-electron chi connectivity index (χ4n) is 3.45. The molecule has 0 spiro atoms. The second kappa shape index (κ2) is 8.95. The van der Waals surface area contributed by atoms with Crippen LogP contribution in [0.15, 0.2) is 50.5 Å². The van der Waals surface area contributed by atoms with Gasteiger partial charge in [0.2, 0.25) is 0 Å². The lowest BCUT2D eigenvalue weighted by Crippen LogP contribution is -2.19. The van der Waals surface area contributed by atoms with Crippen LogP contribution in [0, 0.1) is 12.7 Å². The average molecular weight is 543 g/mol. The Morgan fingerprint density at radius 1 is 1.18 bits per heavy atom. The van der Waals surface area contributed by atoms with E-state index in [1.54, 1.807) is 6.92 Å². The van der Waals surface area contributed by atoms with E-state index < -0.39 is 37.7 Å². The van der Waals surface area contributed by atoms with Gasteiger partial charge in [0.05, 0.1) is 22.7 Å². The fourth-order valence-corrected chi connectivity index (χ4v) is 8.23. The van der Waals surface area contributed by atoms with Crippen molar-refractivity contribution in [1.29, 1.82) is 0 Å². The van der Waals surface area contributed by atoms with Gasteiger partial charge in [-0.1, -0.05) is 6.07 Å². The molecule has 3 aromatic rings. The van der Waals surface area contributed by atoms with E-state index in [1.807, 2.05) is 0 Å². The van der Waals surface area contributed by atoms with Crippen LogP contribution in [-0.4, -0.2) is 53.0 Å². The third-order valence-electron chi connectivity index (χ3n) is 5.10. The van der Waals surface area contributed by atoms with E-state index in [9.17, 15) is 26.0 Å². The van der Waals surface area contributed by atoms with Crippen LogP contribution in [0.5, 0.6) is 0 Å². The second-order valence-electron chi connectivity index (χ2n) is 7.53. The van der Waals surface area contributed by atoms with Crippen molar-refractivity contribution in [1.82, 2.24) is 0 Å². The smallest absolute Gasteiger partial charge is 0.331 e. The highest BCUT2D eigenvalue weighted by Gasteiger charge is 2.29. The van der Waals surface area contributed by atoms with Gasteiger partial charge in [-0.05, 0) is 48.2 Å². The topological polar surface area (TPSA) is 119 Å². The zero-order chi connectivity index (χ0) is 24.8. The van der Waals surface area contributed by atoms with Gasteiger partial charge in [0, 0.05) is 22.3 Å². The predicted molar refractivity (Wildman–Crippen MR) is 132 cm³/mol. The van der Waals surface area contributed by atoms with E-state index >= 15 is 0 Å². The standard InChI is InChI=1S/C21H19FN2O6S4/c1-11-14-9-13(22)5-7-17(14)32-21(11)34(28,29)24-15-6-4-12(8-18(15)33(3,26)27)19-23-16(10-31-19)20(25)30-2/h4-9,16,24H,10H2,1-3H3/t16-/m0/s1. The third-order valence-corrected chi connectivity index (χ3v) is 10.6. The molecule has 1 atom stereocenters. The van der Waals surface area contributed by atoms with Crippen LogP contribution >= 0.6 is 23.1 Å². The highest BCUT2D eigenvalue weighted by Crippen LogP contribution is 2.36. The van der Waals surface area contributed by atoms with Crippen LogP contribution < -0.4 is 4.72 Å². The summed E-state index contributed by atoms with van der Waals surface area (Å²) in [6, 6.07) is 7.53. The molecular formula is C21H19FN2O6S4. The van der Waals surface area contributed by atoms with Gasteiger partial charge in [-0.2, -0.15) is 0 Å². The first-order valence-corrected chi connectivity index (χ1v) is 14.9. The number of benzene rings is 2. The highest BCUT2D eigenvalue weighted by atomic mass is 32.2. The SMILES string of the molecule is COC(=O)[C@@H]1CSC(c2ccc(NS(=O)(=O)c3sc4ccc(F)cc4c3C)c(S(C)(=O)=O)c2)=N1. The van der Waals surface area contributed by atoms with Crippen LogP contribution in [0.1, 0.15) is 11.1 Å². The summed E-state index contributed by atoms with van der Waals surface area (Å²) in [5.74, 6) is -0.618. The van der Waals surface area contributed by atoms with Crippen molar-refractivity contribution < 1.29 is 30.8 Å². The van der Waals surface area contributed by atoms with E-state index in [4.69, 9.17) is 4.74 Å². The summed E-state index contributed by atoms with van der Waals surface area (Å²) in [6.07, 6.45) is 0.970. The Balaban J connectivity index is 1.74. The van der Waals surface area contributed by atoms with Crippen molar-refractivity contribution in [3.05, 3.63) is 53.3 Å². The van der Waals surface area contributed by atoms with Gasteiger partial charge in [-0.3, -0.25) is 9.71 Å². The first-order valence-electron chi connectivity index (χ1n) is 9.75. The number of ether oxygens (including phenoxy) is 1. The van der Waals surface area contributed by atoms with E-state index in [0.29, 0.717) is 32.0 Å². The van der Waals surface area contributed by atoms with Crippen LogP contribution in [0.3, 0.4) is 0 Å². The number of sulfonamides is 1. The molecule has 0 bridgehead atoms. The minimum atomic E-state index is -4.17. The van der Waals surface area contributed by atoms with E-state index in [0.717, 1.165) is 17.6 Å². The number of halogens is 1. The minimum Gasteiger partial charge on any atom is -0.467 e. The Kier molecular flexibility index (Phi) is 6.48. The minimum absolute atomic E-state index is 0.0340.